The number of hydrogen-bond acceptors (Lipinski definition) is 5. The Morgan fingerprint density at radius 2 is 1.91 bits per heavy atom. The van der Waals surface area contributed by atoms with Crippen LogP contribution in [0.5, 0.6) is 5.75 Å². The molecule has 0 aliphatic carbocycles. The summed E-state index contributed by atoms with van der Waals surface area (Å²) in [5.41, 5.74) is 2.39. The maximum atomic E-state index is 14.7. The minimum atomic E-state index is -3.09. The van der Waals surface area contributed by atoms with Crippen LogP contribution in [0.3, 0.4) is 0 Å². The van der Waals surface area contributed by atoms with Gasteiger partial charge in [-0.1, -0.05) is 24.3 Å². The topological polar surface area (TPSA) is 68.3 Å². The summed E-state index contributed by atoms with van der Waals surface area (Å²) in [6, 6.07) is 8.73. The number of nitrogens with one attached hydrogen (secondary N) is 1. The number of nitrogens with zero attached hydrogens (tertiary/aromatic N) is 1. The molecule has 4 rings (SSSR count). The minimum absolute atomic E-state index is 0.0293. The number of methoxy groups -OCH3 is 1. The standard InChI is InChI=1S/C24H23F3N2O3S/c1-14(16-4-3-5-17(23(16)25)24(26)27)29-20-6-9-28-21-13-22(32-2)18(12-19(20)21)15-7-10-33(30,31)11-8-15/h3-7,9,12-14,24H,8,10-11H2,1-2H3,(H,28,29)/t14-/m1/s1. The van der Waals surface area contributed by atoms with E-state index in [-0.39, 0.29) is 17.1 Å². The molecule has 0 saturated carbocycles. The lowest BCUT2D eigenvalue weighted by atomic mass is 9.98. The molecule has 174 valence electrons. The highest BCUT2D eigenvalue weighted by atomic mass is 32.2. The van der Waals surface area contributed by atoms with Gasteiger partial charge in [0.25, 0.3) is 6.43 Å². The van der Waals surface area contributed by atoms with Crippen LogP contribution in [0, 0.1) is 5.82 Å². The molecule has 5 nitrogen and oxygen atoms in total. The summed E-state index contributed by atoms with van der Waals surface area (Å²) >= 11 is 0. The quantitative estimate of drug-likeness (QED) is 0.495. The average Bonchev–Trinajstić information content (AvgIpc) is 2.78. The van der Waals surface area contributed by atoms with Crippen LogP contribution in [0.25, 0.3) is 16.5 Å². The van der Waals surface area contributed by atoms with E-state index in [1.807, 2.05) is 6.07 Å². The van der Waals surface area contributed by atoms with Crippen molar-refractivity contribution in [2.45, 2.75) is 25.8 Å². The van der Waals surface area contributed by atoms with Crippen molar-refractivity contribution in [3.63, 3.8) is 0 Å². The molecule has 9 heteroatoms. The molecular formula is C24H23F3N2O3S. The van der Waals surface area contributed by atoms with E-state index in [2.05, 4.69) is 10.3 Å². The summed E-state index contributed by atoms with van der Waals surface area (Å²) in [7, 11) is -1.55. The van der Waals surface area contributed by atoms with Crippen molar-refractivity contribution >= 4 is 32.0 Å². The molecule has 0 unspecified atom stereocenters. The maximum Gasteiger partial charge on any atom is 0.266 e. The summed E-state index contributed by atoms with van der Waals surface area (Å²) in [6.45, 7) is 1.69. The Morgan fingerprint density at radius 3 is 2.58 bits per heavy atom. The Labute approximate surface area is 190 Å². The fourth-order valence-corrected chi connectivity index (χ4v) is 5.18. The normalized spacial score (nSPS) is 16.5. The number of alkyl halides is 2. The van der Waals surface area contributed by atoms with Gasteiger partial charge < -0.3 is 10.1 Å². The minimum Gasteiger partial charge on any atom is -0.496 e. The molecule has 33 heavy (non-hydrogen) atoms. The fraction of sp³-hybridized carbons (Fsp3) is 0.292. The third-order valence-electron chi connectivity index (χ3n) is 5.81. The molecular weight excluding hydrogens is 453 g/mol. The second-order valence-corrected chi connectivity index (χ2v) is 10.2. The van der Waals surface area contributed by atoms with Gasteiger partial charge in [-0.3, -0.25) is 4.98 Å². The molecule has 2 heterocycles. The zero-order valence-electron chi connectivity index (χ0n) is 18.1. The Hall–Kier alpha value is -3.07. The lowest BCUT2D eigenvalue weighted by Gasteiger charge is -2.21. The largest absolute Gasteiger partial charge is 0.496 e. The van der Waals surface area contributed by atoms with Gasteiger partial charge in [0, 0.05) is 34.5 Å². The molecule has 1 N–H and O–H groups in total. The number of aromatic nitrogens is 1. The Bertz CT molecular complexity index is 1340. The van der Waals surface area contributed by atoms with Gasteiger partial charge in [-0.05, 0) is 31.1 Å². The van der Waals surface area contributed by atoms with Crippen LogP contribution < -0.4 is 10.1 Å². The van der Waals surface area contributed by atoms with Crippen molar-refractivity contribution < 1.29 is 26.3 Å². The number of halogens is 3. The number of allylic oxidation sites excluding steroid dienone is 1. The highest BCUT2D eigenvalue weighted by molar-refractivity contribution is 7.91. The Balaban J connectivity index is 1.75. The molecule has 2 aromatic carbocycles. The first-order valence-corrected chi connectivity index (χ1v) is 12.2. The Morgan fingerprint density at radius 1 is 1.15 bits per heavy atom. The monoisotopic (exact) mass is 476 g/mol. The van der Waals surface area contributed by atoms with E-state index in [0.29, 0.717) is 23.4 Å². The van der Waals surface area contributed by atoms with Gasteiger partial charge in [0.2, 0.25) is 0 Å². The van der Waals surface area contributed by atoms with E-state index < -0.39 is 33.7 Å². The van der Waals surface area contributed by atoms with Gasteiger partial charge in [0.05, 0.1) is 35.7 Å². The smallest absolute Gasteiger partial charge is 0.266 e. The van der Waals surface area contributed by atoms with E-state index in [0.717, 1.165) is 22.6 Å². The first-order valence-electron chi connectivity index (χ1n) is 10.4. The van der Waals surface area contributed by atoms with Crippen LogP contribution in [0.1, 0.15) is 42.5 Å². The molecule has 1 aromatic heterocycles. The molecule has 3 aromatic rings. The van der Waals surface area contributed by atoms with E-state index in [1.54, 1.807) is 31.3 Å². The molecule has 0 radical (unpaired) electrons. The van der Waals surface area contributed by atoms with E-state index in [1.165, 1.54) is 19.2 Å². The molecule has 1 atom stereocenters. The molecule has 0 amide bonds. The van der Waals surface area contributed by atoms with Gasteiger partial charge in [0.1, 0.15) is 11.6 Å². The molecule has 0 bridgehead atoms. The van der Waals surface area contributed by atoms with Gasteiger partial charge in [-0.2, -0.15) is 0 Å². The SMILES string of the molecule is COc1cc2nccc(N[C@H](C)c3cccc(C(F)F)c3F)c2cc1C1=CCS(=O)(=O)CC1. The van der Waals surface area contributed by atoms with Crippen LogP contribution in [0.15, 0.2) is 48.7 Å². The van der Waals surface area contributed by atoms with Crippen LogP contribution in [0.4, 0.5) is 18.9 Å². The number of anilines is 1. The average molecular weight is 477 g/mol. The summed E-state index contributed by atoms with van der Waals surface area (Å²) in [5, 5.41) is 3.93. The summed E-state index contributed by atoms with van der Waals surface area (Å²) in [6.07, 6.45) is 0.755. The number of pyridine rings is 1. The van der Waals surface area contributed by atoms with Crippen LogP contribution in [0.2, 0.25) is 0 Å². The first kappa shape index (κ1) is 23.1. The molecule has 1 aliphatic heterocycles. The lowest BCUT2D eigenvalue weighted by Crippen LogP contribution is -2.15. The van der Waals surface area contributed by atoms with Gasteiger partial charge in [0.15, 0.2) is 9.84 Å². The number of fused-ring (bicyclic) bond motifs is 1. The van der Waals surface area contributed by atoms with Crippen molar-refractivity contribution in [2.24, 2.45) is 0 Å². The molecule has 0 saturated heterocycles. The van der Waals surface area contributed by atoms with E-state index >= 15 is 0 Å². The van der Waals surface area contributed by atoms with Crippen LogP contribution >= 0.6 is 0 Å². The molecule has 1 aliphatic rings. The van der Waals surface area contributed by atoms with Gasteiger partial charge in [-0.15, -0.1) is 0 Å². The maximum absolute atomic E-state index is 14.7. The summed E-state index contributed by atoms with van der Waals surface area (Å²) < 4.78 is 70.1. The van der Waals surface area contributed by atoms with Gasteiger partial charge >= 0.3 is 0 Å². The van der Waals surface area contributed by atoms with Crippen molar-refractivity contribution in [3.8, 4) is 5.75 Å². The molecule has 0 fully saturated rings. The number of benzene rings is 2. The van der Waals surface area contributed by atoms with E-state index in [4.69, 9.17) is 4.74 Å². The van der Waals surface area contributed by atoms with Crippen LogP contribution in [-0.4, -0.2) is 32.0 Å². The zero-order valence-corrected chi connectivity index (χ0v) is 18.9. The predicted molar refractivity (Wildman–Crippen MR) is 123 cm³/mol. The van der Waals surface area contributed by atoms with Crippen molar-refractivity contribution in [2.75, 3.05) is 23.9 Å². The summed E-state index contributed by atoms with van der Waals surface area (Å²) in [5.74, 6) is -0.323. The number of hydrogen-bond donors (Lipinski definition) is 1. The van der Waals surface area contributed by atoms with Crippen LogP contribution in [-0.2, 0) is 9.84 Å². The highest BCUT2D eigenvalue weighted by Crippen LogP contribution is 2.37. The lowest BCUT2D eigenvalue weighted by molar-refractivity contribution is 0.146. The van der Waals surface area contributed by atoms with E-state index in [9.17, 15) is 21.6 Å². The highest BCUT2D eigenvalue weighted by Gasteiger charge is 2.22. The van der Waals surface area contributed by atoms with Crippen molar-refractivity contribution in [1.82, 2.24) is 4.98 Å². The second-order valence-electron chi connectivity index (χ2n) is 7.94. The third-order valence-corrected chi connectivity index (χ3v) is 7.31. The summed E-state index contributed by atoms with van der Waals surface area (Å²) in [4.78, 5) is 4.39. The number of rotatable bonds is 6. The van der Waals surface area contributed by atoms with Gasteiger partial charge in [-0.25, -0.2) is 21.6 Å². The van der Waals surface area contributed by atoms with Crippen molar-refractivity contribution in [1.29, 1.82) is 0 Å². The fourth-order valence-electron chi connectivity index (χ4n) is 4.02. The zero-order chi connectivity index (χ0) is 23.8. The molecule has 0 spiro atoms. The van der Waals surface area contributed by atoms with Crippen molar-refractivity contribution in [3.05, 3.63) is 71.2 Å². The number of ether oxygens (including phenoxy) is 1. The predicted octanol–water partition coefficient (Wildman–Crippen LogP) is 5.70. The second kappa shape index (κ2) is 9.05. The number of sulfone groups is 1. The Kier molecular flexibility index (Phi) is 6.34. The third kappa shape index (κ3) is 4.68. The first-order chi connectivity index (χ1) is 15.7.